The number of alkyl halides is 1. The van der Waals surface area contributed by atoms with Crippen LogP contribution in [0.5, 0.6) is 0 Å². The minimum Gasteiger partial charge on any atom is -0.298 e. The molecule has 112 valence electrons. The second kappa shape index (κ2) is 9.59. The molecule has 0 aliphatic carbocycles. The molecular formula is C19H24ClN. The minimum absolute atomic E-state index is 0.700. The SMILES string of the molecule is ClCCN(CCCCc1ccccc1)Cc1ccccc1. The second-order valence-corrected chi connectivity index (χ2v) is 5.77. The van der Waals surface area contributed by atoms with E-state index in [0.717, 1.165) is 19.6 Å². The highest BCUT2D eigenvalue weighted by Crippen LogP contribution is 2.08. The summed E-state index contributed by atoms with van der Waals surface area (Å²) in [7, 11) is 0. The molecule has 0 saturated carbocycles. The summed E-state index contributed by atoms with van der Waals surface area (Å²) in [5.41, 5.74) is 2.80. The maximum Gasteiger partial charge on any atom is 0.0351 e. The molecule has 2 rings (SSSR count). The van der Waals surface area contributed by atoms with Gasteiger partial charge in [0.05, 0.1) is 0 Å². The molecule has 0 unspecified atom stereocenters. The van der Waals surface area contributed by atoms with Crippen molar-refractivity contribution in [3.8, 4) is 0 Å². The molecule has 0 aliphatic heterocycles. The summed E-state index contributed by atoms with van der Waals surface area (Å²) in [4.78, 5) is 2.45. The topological polar surface area (TPSA) is 3.24 Å². The van der Waals surface area contributed by atoms with Gasteiger partial charge in [-0.2, -0.15) is 0 Å². The summed E-state index contributed by atoms with van der Waals surface area (Å²) in [6.45, 7) is 3.08. The van der Waals surface area contributed by atoms with E-state index in [4.69, 9.17) is 11.6 Å². The number of benzene rings is 2. The van der Waals surface area contributed by atoms with Crippen LogP contribution in [0, 0.1) is 0 Å². The molecule has 0 aliphatic rings. The van der Waals surface area contributed by atoms with Crippen molar-refractivity contribution < 1.29 is 0 Å². The van der Waals surface area contributed by atoms with E-state index in [9.17, 15) is 0 Å². The van der Waals surface area contributed by atoms with E-state index in [2.05, 4.69) is 65.6 Å². The molecule has 0 radical (unpaired) electrons. The van der Waals surface area contributed by atoms with Gasteiger partial charge in [-0.1, -0.05) is 60.7 Å². The lowest BCUT2D eigenvalue weighted by molar-refractivity contribution is 0.275. The van der Waals surface area contributed by atoms with Gasteiger partial charge in [-0.15, -0.1) is 11.6 Å². The van der Waals surface area contributed by atoms with Gasteiger partial charge in [0, 0.05) is 19.0 Å². The standard InChI is InChI=1S/C19H24ClN/c20-14-16-21(17-19-12-5-2-6-13-19)15-8-7-11-18-9-3-1-4-10-18/h1-6,9-10,12-13H,7-8,11,14-17H2. The second-order valence-electron chi connectivity index (χ2n) is 5.39. The van der Waals surface area contributed by atoms with Crippen LogP contribution in [0.3, 0.4) is 0 Å². The van der Waals surface area contributed by atoms with Crippen LogP contribution in [0.2, 0.25) is 0 Å². The Bertz CT molecular complexity index is 483. The number of nitrogens with zero attached hydrogens (tertiary/aromatic N) is 1. The summed E-state index contributed by atoms with van der Waals surface area (Å²) < 4.78 is 0. The maximum absolute atomic E-state index is 5.93. The third kappa shape index (κ3) is 6.33. The van der Waals surface area contributed by atoms with Gasteiger partial charge in [-0.3, -0.25) is 4.90 Å². The summed E-state index contributed by atoms with van der Waals surface area (Å²) >= 11 is 5.93. The zero-order chi connectivity index (χ0) is 14.8. The van der Waals surface area contributed by atoms with Crippen molar-refractivity contribution in [2.75, 3.05) is 19.0 Å². The van der Waals surface area contributed by atoms with Gasteiger partial charge in [0.15, 0.2) is 0 Å². The summed E-state index contributed by atoms with van der Waals surface area (Å²) in [6, 6.07) is 21.4. The number of hydrogen-bond donors (Lipinski definition) is 0. The Morgan fingerprint density at radius 2 is 1.33 bits per heavy atom. The van der Waals surface area contributed by atoms with E-state index in [1.807, 2.05) is 0 Å². The highest BCUT2D eigenvalue weighted by atomic mass is 35.5. The van der Waals surface area contributed by atoms with E-state index in [-0.39, 0.29) is 0 Å². The van der Waals surface area contributed by atoms with Crippen LogP contribution in [-0.2, 0) is 13.0 Å². The lowest BCUT2D eigenvalue weighted by atomic mass is 10.1. The Morgan fingerprint density at radius 1 is 0.714 bits per heavy atom. The van der Waals surface area contributed by atoms with E-state index in [1.165, 1.54) is 30.4 Å². The van der Waals surface area contributed by atoms with Crippen LogP contribution in [0.25, 0.3) is 0 Å². The molecule has 21 heavy (non-hydrogen) atoms. The highest BCUT2D eigenvalue weighted by molar-refractivity contribution is 6.18. The first-order valence-corrected chi connectivity index (χ1v) is 8.28. The van der Waals surface area contributed by atoms with Crippen LogP contribution >= 0.6 is 11.6 Å². The predicted molar refractivity (Wildman–Crippen MR) is 91.8 cm³/mol. The first kappa shape index (κ1) is 16.1. The van der Waals surface area contributed by atoms with E-state index in [1.54, 1.807) is 0 Å². The van der Waals surface area contributed by atoms with Crippen molar-refractivity contribution in [2.45, 2.75) is 25.8 Å². The number of halogens is 1. The van der Waals surface area contributed by atoms with E-state index < -0.39 is 0 Å². The summed E-state index contributed by atoms with van der Waals surface area (Å²) in [5, 5.41) is 0. The zero-order valence-corrected chi connectivity index (χ0v) is 13.3. The molecule has 2 aromatic rings. The molecule has 0 N–H and O–H groups in total. The zero-order valence-electron chi connectivity index (χ0n) is 12.5. The van der Waals surface area contributed by atoms with Gasteiger partial charge < -0.3 is 0 Å². The molecule has 0 amide bonds. The molecule has 2 aromatic carbocycles. The fourth-order valence-corrected chi connectivity index (χ4v) is 2.78. The fraction of sp³-hybridized carbons (Fsp3) is 0.368. The van der Waals surface area contributed by atoms with E-state index in [0.29, 0.717) is 5.88 Å². The van der Waals surface area contributed by atoms with Crippen LogP contribution in [0.4, 0.5) is 0 Å². The average Bonchev–Trinajstić information content (AvgIpc) is 2.54. The van der Waals surface area contributed by atoms with Crippen molar-refractivity contribution >= 4 is 11.6 Å². The molecule has 0 saturated heterocycles. The van der Waals surface area contributed by atoms with Crippen molar-refractivity contribution in [1.82, 2.24) is 4.90 Å². The third-order valence-electron chi connectivity index (χ3n) is 3.68. The number of hydrogen-bond acceptors (Lipinski definition) is 1. The molecule has 2 heteroatoms. The van der Waals surface area contributed by atoms with Crippen molar-refractivity contribution in [3.05, 3.63) is 71.8 Å². The van der Waals surface area contributed by atoms with Gasteiger partial charge >= 0.3 is 0 Å². The molecule has 0 spiro atoms. The van der Waals surface area contributed by atoms with E-state index >= 15 is 0 Å². The van der Waals surface area contributed by atoms with Crippen molar-refractivity contribution in [1.29, 1.82) is 0 Å². The molecule has 0 heterocycles. The first-order valence-electron chi connectivity index (χ1n) is 7.74. The Balaban J connectivity index is 1.72. The normalized spacial score (nSPS) is 11.0. The number of rotatable bonds is 9. The van der Waals surface area contributed by atoms with Crippen molar-refractivity contribution in [2.24, 2.45) is 0 Å². The average molecular weight is 302 g/mol. The number of unbranched alkanes of at least 4 members (excludes halogenated alkanes) is 1. The molecule has 1 nitrogen and oxygen atoms in total. The van der Waals surface area contributed by atoms with Crippen molar-refractivity contribution in [3.63, 3.8) is 0 Å². The summed E-state index contributed by atoms with van der Waals surface area (Å²) in [6.07, 6.45) is 3.62. The van der Waals surface area contributed by atoms with Gasteiger partial charge in [-0.05, 0) is 36.9 Å². The Kier molecular flexibility index (Phi) is 7.34. The molecule has 0 atom stereocenters. The third-order valence-corrected chi connectivity index (χ3v) is 3.85. The Hall–Kier alpha value is -1.31. The first-order chi connectivity index (χ1) is 10.4. The predicted octanol–water partition coefficient (Wildman–Crippen LogP) is 4.75. The largest absolute Gasteiger partial charge is 0.298 e. The van der Waals surface area contributed by atoms with Crippen LogP contribution in [0.1, 0.15) is 24.0 Å². The lowest BCUT2D eigenvalue weighted by Gasteiger charge is -2.21. The Labute approximate surface area is 133 Å². The Morgan fingerprint density at radius 3 is 1.95 bits per heavy atom. The number of aryl methyl sites for hydroxylation is 1. The molecular weight excluding hydrogens is 278 g/mol. The fourth-order valence-electron chi connectivity index (χ4n) is 2.54. The van der Waals surface area contributed by atoms with Gasteiger partial charge in [0.1, 0.15) is 0 Å². The van der Waals surface area contributed by atoms with Crippen LogP contribution in [0.15, 0.2) is 60.7 Å². The van der Waals surface area contributed by atoms with Crippen LogP contribution < -0.4 is 0 Å². The molecule has 0 fully saturated rings. The van der Waals surface area contributed by atoms with Gasteiger partial charge in [0.2, 0.25) is 0 Å². The monoisotopic (exact) mass is 301 g/mol. The maximum atomic E-state index is 5.93. The molecule has 0 bridgehead atoms. The van der Waals surface area contributed by atoms with Gasteiger partial charge in [-0.25, -0.2) is 0 Å². The minimum atomic E-state index is 0.700. The van der Waals surface area contributed by atoms with Crippen LogP contribution in [-0.4, -0.2) is 23.9 Å². The molecule has 0 aromatic heterocycles. The smallest absolute Gasteiger partial charge is 0.0351 e. The summed E-state index contributed by atoms with van der Waals surface area (Å²) in [5.74, 6) is 0.700. The highest BCUT2D eigenvalue weighted by Gasteiger charge is 2.05. The lowest BCUT2D eigenvalue weighted by Crippen LogP contribution is -2.26. The van der Waals surface area contributed by atoms with Gasteiger partial charge in [0.25, 0.3) is 0 Å². The quantitative estimate of drug-likeness (QED) is 0.477.